The van der Waals surface area contributed by atoms with Gasteiger partial charge in [-0.1, -0.05) is 60.7 Å². The third-order valence-electron chi connectivity index (χ3n) is 7.90. The molecule has 43 heavy (non-hydrogen) atoms. The van der Waals surface area contributed by atoms with E-state index in [1.165, 1.54) is 0 Å². The van der Waals surface area contributed by atoms with Gasteiger partial charge in [0.2, 0.25) is 10.0 Å². The fourth-order valence-electron chi connectivity index (χ4n) is 5.77. The number of fused-ring (bicyclic) bond motifs is 2. The Morgan fingerprint density at radius 3 is 2.26 bits per heavy atom. The highest BCUT2D eigenvalue weighted by Gasteiger charge is 2.30. The molecule has 0 saturated heterocycles. The standard InChI is InChI=1S/C34H31N3O5S/c1-37-29-15-9-7-13-27(29)33(38)31(34(37)39)30(22-16-18-23(42-2)19-17-22)32-26(25-12-6-8-14-28(25)36-32)20-21-35-43(40,41)24-10-4-3-5-11-24/h3-19,30,35-36,38H,20-21H2,1-2H3. The van der Waals surface area contributed by atoms with Crippen molar-refractivity contribution >= 4 is 31.8 Å². The molecule has 9 heteroatoms. The van der Waals surface area contributed by atoms with Crippen molar-refractivity contribution in [2.75, 3.05) is 13.7 Å². The topological polar surface area (TPSA) is 113 Å². The lowest BCUT2D eigenvalue weighted by Gasteiger charge is -2.22. The average Bonchev–Trinajstić information content (AvgIpc) is 3.40. The van der Waals surface area contributed by atoms with E-state index >= 15 is 0 Å². The molecule has 0 bridgehead atoms. The van der Waals surface area contributed by atoms with E-state index in [9.17, 15) is 18.3 Å². The number of aromatic hydroxyl groups is 1. The Kier molecular flexibility index (Phi) is 7.52. The van der Waals surface area contributed by atoms with Gasteiger partial charge in [0.15, 0.2) is 0 Å². The highest BCUT2D eigenvalue weighted by atomic mass is 32.2. The summed E-state index contributed by atoms with van der Waals surface area (Å²) in [6.07, 6.45) is 0.340. The van der Waals surface area contributed by atoms with Gasteiger partial charge in [0.05, 0.1) is 29.0 Å². The molecule has 0 aliphatic heterocycles. The largest absolute Gasteiger partial charge is 0.507 e. The molecule has 0 aliphatic carbocycles. The summed E-state index contributed by atoms with van der Waals surface area (Å²) in [5.74, 6) is -0.124. The van der Waals surface area contributed by atoms with Crippen molar-refractivity contribution in [3.63, 3.8) is 0 Å². The fourth-order valence-corrected chi connectivity index (χ4v) is 6.82. The molecule has 0 aliphatic rings. The third-order valence-corrected chi connectivity index (χ3v) is 9.38. The average molecular weight is 594 g/mol. The maximum atomic E-state index is 14.0. The van der Waals surface area contributed by atoms with E-state index in [0.717, 1.165) is 22.0 Å². The normalized spacial score (nSPS) is 12.5. The minimum absolute atomic E-state index is 0.0890. The molecule has 1 atom stereocenters. The molecule has 0 spiro atoms. The Bertz CT molecular complexity index is 2100. The molecule has 0 amide bonds. The van der Waals surface area contributed by atoms with Crippen LogP contribution in [-0.4, -0.2) is 36.7 Å². The number of rotatable bonds is 9. The van der Waals surface area contributed by atoms with Gasteiger partial charge in [-0.15, -0.1) is 0 Å². The van der Waals surface area contributed by atoms with E-state index in [0.29, 0.717) is 28.8 Å². The molecule has 1 unspecified atom stereocenters. The van der Waals surface area contributed by atoms with Crippen LogP contribution in [0.5, 0.6) is 11.5 Å². The van der Waals surface area contributed by atoms with Crippen LogP contribution in [0, 0.1) is 0 Å². The molecular formula is C34H31N3O5S. The number of methoxy groups -OCH3 is 1. The van der Waals surface area contributed by atoms with Gasteiger partial charge in [0.1, 0.15) is 11.5 Å². The lowest BCUT2D eigenvalue weighted by Crippen LogP contribution is -2.27. The summed E-state index contributed by atoms with van der Waals surface area (Å²) < 4.78 is 35.6. The molecule has 2 heterocycles. The Morgan fingerprint density at radius 2 is 1.53 bits per heavy atom. The molecule has 6 rings (SSSR count). The van der Waals surface area contributed by atoms with Gasteiger partial charge in [-0.25, -0.2) is 13.1 Å². The van der Waals surface area contributed by atoms with Crippen LogP contribution >= 0.6 is 0 Å². The van der Waals surface area contributed by atoms with Crippen LogP contribution in [0.4, 0.5) is 0 Å². The van der Waals surface area contributed by atoms with Gasteiger partial charge in [-0.3, -0.25) is 4.79 Å². The minimum Gasteiger partial charge on any atom is -0.507 e. The van der Waals surface area contributed by atoms with E-state index in [2.05, 4.69) is 9.71 Å². The number of aromatic nitrogens is 2. The van der Waals surface area contributed by atoms with Gasteiger partial charge in [0.25, 0.3) is 5.56 Å². The number of nitrogens with zero attached hydrogens (tertiary/aromatic N) is 1. The molecule has 218 valence electrons. The lowest BCUT2D eigenvalue weighted by molar-refractivity contribution is 0.414. The van der Waals surface area contributed by atoms with Crippen LogP contribution in [0.3, 0.4) is 0 Å². The Labute approximate surface area is 249 Å². The smallest absolute Gasteiger partial charge is 0.258 e. The molecular weight excluding hydrogens is 562 g/mol. The number of nitrogens with one attached hydrogen (secondary N) is 2. The second kappa shape index (κ2) is 11.4. The molecule has 8 nitrogen and oxygen atoms in total. The number of benzene rings is 4. The van der Waals surface area contributed by atoms with Gasteiger partial charge >= 0.3 is 0 Å². The first-order valence-corrected chi connectivity index (χ1v) is 15.4. The highest BCUT2D eigenvalue weighted by Crippen LogP contribution is 2.41. The van der Waals surface area contributed by atoms with Crippen LogP contribution in [0.1, 0.15) is 28.3 Å². The van der Waals surface area contributed by atoms with E-state index < -0.39 is 15.9 Å². The zero-order valence-corrected chi connectivity index (χ0v) is 24.6. The first kappa shape index (κ1) is 28.3. The summed E-state index contributed by atoms with van der Waals surface area (Å²) in [7, 11) is -0.438. The minimum atomic E-state index is -3.72. The van der Waals surface area contributed by atoms with Gasteiger partial charge < -0.3 is 19.4 Å². The fraction of sp³-hybridized carbons (Fsp3) is 0.147. The van der Waals surface area contributed by atoms with Crippen LogP contribution in [0.25, 0.3) is 21.8 Å². The van der Waals surface area contributed by atoms with Gasteiger partial charge in [-0.2, -0.15) is 0 Å². The second-order valence-corrected chi connectivity index (χ2v) is 12.1. The summed E-state index contributed by atoms with van der Waals surface area (Å²) in [4.78, 5) is 17.7. The first-order valence-electron chi connectivity index (χ1n) is 13.9. The van der Waals surface area contributed by atoms with E-state index in [4.69, 9.17) is 4.74 Å². The number of para-hydroxylation sites is 2. The highest BCUT2D eigenvalue weighted by molar-refractivity contribution is 7.89. The van der Waals surface area contributed by atoms with E-state index in [1.54, 1.807) is 61.2 Å². The summed E-state index contributed by atoms with van der Waals surface area (Å²) in [5, 5.41) is 13.2. The molecule has 6 aromatic rings. The number of pyridine rings is 1. The van der Waals surface area contributed by atoms with Crippen molar-refractivity contribution in [1.29, 1.82) is 0 Å². The molecule has 0 radical (unpaired) electrons. The predicted octanol–water partition coefficient (Wildman–Crippen LogP) is 5.44. The molecule has 3 N–H and O–H groups in total. The third kappa shape index (κ3) is 5.17. The van der Waals surface area contributed by atoms with Gasteiger partial charge in [-0.05, 0) is 60.0 Å². The monoisotopic (exact) mass is 593 g/mol. The van der Waals surface area contributed by atoms with Crippen LogP contribution in [0.15, 0.2) is 113 Å². The summed E-state index contributed by atoms with van der Waals surface area (Å²) in [5.41, 5.74) is 3.68. The van der Waals surface area contributed by atoms with Crippen molar-refractivity contribution in [1.82, 2.24) is 14.3 Å². The number of ether oxygens (including phenoxy) is 1. The maximum absolute atomic E-state index is 14.0. The molecule has 0 saturated carbocycles. The quantitative estimate of drug-likeness (QED) is 0.207. The first-order chi connectivity index (χ1) is 20.8. The van der Waals surface area contributed by atoms with Crippen molar-refractivity contribution in [2.45, 2.75) is 17.2 Å². The number of sulfonamides is 1. The van der Waals surface area contributed by atoms with Crippen molar-refractivity contribution in [3.05, 3.63) is 136 Å². The Balaban J connectivity index is 1.53. The molecule has 4 aromatic carbocycles. The molecule has 0 fully saturated rings. The van der Waals surface area contributed by atoms with Crippen molar-refractivity contribution in [3.8, 4) is 11.5 Å². The van der Waals surface area contributed by atoms with Gasteiger partial charge in [0, 0.05) is 35.6 Å². The van der Waals surface area contributed by atoms with Crippen molar-refractivity contribution < 1.29 is 18.3 Å². The van der Waals surface area contributed by atoms with E-state index in [1.807, 2.05) is 60.7 Å². The second-order valence-electron chi connectivity index (χ2n) is 10.4. The summed E-state index contributed by atoms with van der Waals surface area (Å²) in [6, 6.07) is 30.6. The predicted molar refractivity (Wildman–Crippen MR) is 168 cm³/mol. The van der Waals surface area contributed by atoms with E-state index in [-0.39, 0.29) is 28.3 Å². The Morgan fingerprint density at radius 1 is 0.884 bits per heavy atom. The zero-order valence-electron chi connectivity index (χ0n) is 23.7. The van der Waals surface area contributed by atoms with Crippen LogP contribution in [0.2, 0.25) is 0 Å². The lowest BCUT2D eigenvalue weighted by atomic mass is 9.85. The SMILES string of the molecule is COc1ccc(C(c2[nH]c3ccccc3c2CCNS(=O)(=O)c2ccccc2)c2c(O)c3ccccc3n(C)c2=O)cc1. The number of aryl methyl sites for hydroxylation is 1. The number of hydrogen-bond donors (Lipinski definition) is 3. The summed E-state index contributed by atoms with van der Waals surface area (Å²) in [6.45, 7) is 0.128. The van der Waals surface area contributed by atoms with Crippen LogP contribution < -0.4 is 15.0 Å². The Hall–Kier alpha value is -4.86. The van der Waals surface area contributed by atoms with Crippen molar-refractivity contribution in [2.24, 2.45) is 7.05 Å². The maximum Gasteiger partial charge on any atom is 0.258 e. The number of hydrogen-bond acceptors (Lipinski definition) is 5. The number of H-pyrrole nitrogens is 1. The number of aromatic amines is 1. The molecule has 2 aromatic heterocycles. The van der Waals surface area contributed by atoms with Crippen LogP contribution in [-0.2, 0) is 23.5 Å². The zero-order chi connectivity index (χ0) is 30.1. The summed E-state index contributed by atoms with van der Waals surface area (Å²) >= 11 is 0.